The van der Waals surface area contributed by atoms with Gasteiger partial charge in [0.25, 0.3) is 0 Å². The molecule has 0 saturated carbocycles. The van der Waals surface area contributed by atoms with Crippen LogP contribution in [0.4, 0.5) is 5.82 Å². The van der Waals surface area contributed by atoms with Crippen molar-refractivity contribution in [3.63, 3.8) is 0 Å². The third-order valence-electron chi connectivity index (χ3n) is 4.45. The van der Waals surface area contributed by atoms with Gasteiger partial charge >= 0.3 is 0 Å². The molecule has 0 saturated heterocycles. The largest absolute Gasteiger partial charge is 0.493 e. The number of fused-ring (bicyclic) bond motifs is 1. The summed E-state index contributed by atoms with van der Waals surface area (Å²) in [6.07, 6.45) is 0.884. The number of ether oxygens (including phenoxy) is 2. The Morgan fingerprint density at radius 3 is 2.38 bits per heavy atom. The van der Waals surface area contributed by atoms with Gasteiger partial charge in [0.05, 0.1) is 19.8 Å². The highest BCUT2D eigenvalue weighted by atomic mass is 16.5. The minimum Gasteiger partial charge on any atom is -0.493 e. The molecule has 124 valence electrons. The number of hydrogen-bond acceptors (Lipinski definition) is 5. The first-order chi connectivity index (χ1) is 11.6. The molecule has 24 heavy (non-hydrogen) atoms. The molecule has 1 aliphatic heterocycles. The van der Waals surface area contributed by atoms with Crippen LogP contribution in [-0.4, -0.2) is 25.7 Å². The fourth-order valence-corrected chi connectivity index (χ4v) is 3.25. The predicted octanol–water partition coefficient (Wildman–Crippen LogP) is 3.15. The lowest BCUT2D eigenvalue weighted by atomic mass is 9.98. The summed E-state index contributed by atoms with van der Waals surface area (Å²) in [5, 5.41) is 9.51. The van der Waals surface area contributed by atoms with E-state index in [2.05, 4.69) is 16.0 Å². The van der Waals surface area contributed by atoms with Crippen LogP contribution in [0, 0.1) is 25.2 Å². The van der Waals surface area contributed by atoms with E-state index < -0.39 is 0 Å². The summed E-state index contributed by atoms with van der Waals surface area (Å²) in [5.74, 6) is 2.26. The van der Waals surface area contributed by atoms with Crippen LogP contribution in [0.15, 0.2) is 18.2 Å². The van der Waals surface area contributed by atoms with E-state index in [1.54, 1.807) is 14.2 Å². The Kier molecular flexibility index (Phi) is 4.30. The average Bonchev–Trinajstić information content (AvgIpc) is 2.59. The Morgan fingerprint density at radius 1 is 1.08 bits per heavy atom. The number of benzene rings is 1. The van der Waals surface area contributed by atoms with E-state index in [9.17, 15) is 5.26 Å². The third-order valence-corrected chi connectivity index (χ3v) is 4.45. The van der Waals surface area contributed by atoms with E-state index >= 15 is 0 Å². The van der Waals surface area contributed by atoms with E-state index in [1.165, 1.54) is 11.1 Å². The molecule has 0 atom stereocenters. The second kappa shape index (κ2) is 6.40. The van der Waals surface area contributed by atoms with Crippen molar-refractivity contribution in [1.29, 1.82) is 5.26 Å². The van der Waals surface area contributed by atoms with Crippen LogP contribution in [0.5, 0.6) is 11.5 Å². The molecule has 0 radical (unpaired) electrons. The highest BCUT2D eigenvalue weighted by Crippen LogP contribution is 2.35. The normalized spacial score (nSPS) is 13.2. The number of pyridine rings is 1. The molecule has 5 nitrogen and oxygen atoms in total. The van der Waals surface area contributed by atoms with Gasteiger partial charge in [-0.1, -0.05) is 0 Å². The fourth-order valence-electron chi connectivity index (χ4n) is 3.25. The van der Waals surface area contributed by atoms with Gasteiger partial charge in [0, 0.05) is 18.8 Å². The van der Waals surface area contributed by atoms with Crippen molar-refractivity contribution in [2.45, 2.75) is 26.8 Å². The molecule has 1 aromatic heterocycles. The third kappa shape index (κ3) is 2.76. The Labute approximate surface area is 142 Å². The Balaban J connectivity index is 2.01. The van der Waals surface area contributed by atoms with Crippen molar-refractivity contribution < 1.29 is 9.47 Å². The predicted molar refractivity (Wildman–Crippen MR) is 92.7 cm³/mol. The molecule has 0 bridgehead atoms. The van der Waals surface area contributed by atoms with Gasteiger partial charge in [0.15, 0.2) is 11.5 Å². The number of rotatable bonds is 3. The standard InChI is InChI=1S/C19H21N3O2/c1-12-7-13(2)21-19(16(12)10-20)22-6-5-14-8-17(23-3)18(24-4)9-15(14)11-22/h7-9H,5-6,11H2,1-4H3. The zero-order valence-electron chi connectivity index (χ0n) is 14.5. The van der Waals surface area contributed by atoms with E-state index in [0.717, 1.165) is 41.5 Å². The first-order valence-corrected chi connectivity index (χ1v) is 7.94. The van der Waals surface area contributed by atoms with Gasteiger partial charge in [-0.25, -0.2) is 4.98 Å². The van der Waals surface area contributed by atoms with Gasteiger partial charge in [-0.3, -0.25) is 0 Å². The van der Waals surface area contributed by atoms with Crippen LogP contribution in [0.3, 0.4) is 0 Å². The summed E-state index contributed by atoms with van der Waals surface area (Å²) in [4.78, 5) is 6.80. The van der Waals surface area contributed by atoms with Crippen molar-refractivity contribution in [2.24, 2.45) is 0 Å². The quantitative estimate of drug-likeness (QED) is 0.868. The van der Waals surface area contributed by atoms with Gasteiger partial charge in [-0.2, -0.15) is 5.26 Å². The second-order valence-corrected chi connectivity index (χ2v) is 6.04. The van der Waals surface area contributed by atoms with Crippen LogP contribution in [0.1, 0.15) is 27.9 Å². The molecule has 2 heterocycles. The molecular formula is C19H21N3O2. The topological polar surface area (TPSA) is 58.4 Å². The maximum Gasteiger partial charge on any atom is 0.161 e. The average molecular weight is 323 g/mol. The maximum absolute atomic E-state index is 9.51. The molecule has 0 amide bonds. The Hall–Kier alpha value is -2.74. The number of nitrogens with zero attached hydrogens (tertiary/aromatic N) is 3. The maximum atomic E-state index is 9.51. The molecule has 0 fully saturated rings. The zero-order chi connectivity index (χ0) is 17.3. The molecule has 5 heteroatoms. The van der Waals surface area contributed by atoms with Crippen LogP contribution in [0.2, 0.25) is 0 Å². The number of aryl methyl sites for hydroxylation is 2. The van der Waals surface area contributed by atoms with Crippen molar-refractivity contribution in [3.8, 4) is 17.6 Å². The number of methoxy groups -OCH3 is 2. The van der Waals surface area contributed by atoms with Gasteiger partial charge in [0.1, 0.15) is 11.9 Å². The zero-order valence-corrected chi connectivity index (χ0v) is 14.5. The molecular weight excluding hydrogens is 302 g/mol. The lowest BCUT2D eigenvalue weighted by Crippen LogP contribution is -2.32. The Bertz CT molecular complexity index is 824. The second-order valence-electron chi connectivity index (χ2n) is 6.04. The lowest BCUT2D eigenvalue weighted by Gasteiger charge is -2.31. The first-order valence-electron chi connectivity index (χ1n) is 7.94. The van der Waals surface area contributed by atoms with E-state index in [-0.39, 0.29) is 0 Å². The van der Waals surface area contributed by atoms with Gasteiger partial charge in [-0.15, -0.1) is 0 Å². The fraction of sp³-hybridized carbons (Fsp3) is 0.368. The Morgan fingerprint density at radius 2 is 1.75 bits per heavy atom. The summed E-state index contributed by atoms with van der Waals surface area (Å²) in [5.41, 5.74) is 5.00. The van der Waals surface area contributed by atoms with Crippen molar-refractivity contribution in [3.05, 3.63) is 46.1 Å². The van der Waals surface area contributed by atoms with Crippen molar-refractivity contribution >= 4 is 5.82 Å². The highest BCUT2D eigenvalue weighted by molar-refractivity contribution is 5.60. The number of hydrogen-bond donors (Lipinski definition) is 0. The van der Waals surface area contributed by atoms with Crippen LogP contribution in [0.25, 0.3) is 0 Å². The summed E-state index contributed by atoms with van der Waals surface area (Å²) in [7, 11) is 3.29. The number of nitriles is 1. The van der Waals surface area contributed by atoms with Crippen LogP contribution < -0.4 is 14.4 Å². The molecule has 1 aromatic carbocycles. The monoisotopic (exact) mass is 323 g/mol. The van der Waals surface area contributed by atoms with E-state index in [1.807, 2.05) is 32.0 Å². The lowest BCUT2D eigenvalue weighted by molar-refractivity contribution is 0.353. The number of aromatic nitrogens is 1. The summed E-state index contributed by atoms with van der Waals surface area (Å²) in [6, 6.07) is 8.33. The van der Waals surface area contributed by atoms with Crippen LogP contribution >= 0.6 is 0 Å². The van der Waals surface area contributed by atoms with E-state index in [0.29, 0.717) is 12.1 Å². The smallest absolute Gasteiger partial charge is 0.161 e. The van der Waals surface area contributed by atoms with Crippen molar-refractivity contribution in [1.82, 2.24) is 4.98 Å². The first kappa shape index (κ1) is 16.1. The molecule has 0 N–H and O–H groups in total. The molecule has 2 aromatic rings. The SMILES string of the molecule is COc1cc2c(cc1OC)CN(c1nc(C)cc(C)c1C#N)CC2. The molecule has 0 aliphatic carbocycles. The van der Waals surface area contributed by atoms with Crippen LogP contribution in [-0.2, 0) is 13.0 Å². The minimum absolute atomic E-state index is 0.657. The highest BCUT2D eigenvalue weighted by Gasteiger charge is 2.23. The van der Waals surface area contributed by atoms with Gasteiger partial charge < -0.3 is 14.4 Å². The number of anilines is 1. The molecule has 0 unspecified atom stereocenters. The van der Waals surface area contributed by atoms with Gasteiger partial charge in [-0.05, 0) is 55.2 Å². The van der Waals surface area contributed by atoms with E-state index in [4.69, 9.17) is 9.47 Å². The van der Waals surface area contributed by atoms with Gasteiger partial charge in [0.2, 0.25) is 0 Å². The summed E-state index contributed by atoms with van der Waals surface area (Å²) < 4.78 is 10.8. The molecule has 1 aliphatic rings. The molecule has 0 spiro atoms. The minimum atomic E-state index is 0.657. The molecule has 3 rings (SSSR count). The van der Waals surface area contributed by atoms with Crippen molar-refractivity contribution in [2.75, 3.05) is 25.7 Å². The summed E-state index contributed by atoms with van der Waals surface area (Å²) in [6.45, 7) is 5.46. The summed E-state index contributed by atoms with van der Waals surface area (Å²) >= 11 is 0.